The third-order valence-electron chi connectivity index (χ3n) is 5.36. The molecule has 0 radical (unpaired) electrons. The van der Waals surface area contributed by atoms with Gasteiger partial charge in [-0.15, -0.1) is 0 Å². The van der Waals surface area contributed by atoms with Crippen molar-refractivity contribution in [3.05, 3.63) is 63.2 Å². The second-order valence-corrected chi connectivity index (χ2v) is 8.13. The third-order valence-corrected chi connectivity index (χ3v) is 5.36. The van der Waals surface area contributed by atoms with Crippen molar-refractivity contribution in [2.75, 3.05) is 13.7 Å². The molecule has 29 heavy (non-hydrogen) atoms. The fourth-order valence-electron chi connectivity index (χ4n) is 3.96. The van der Waals surface area contributed by atoms with Gasteiger partial charge in [-0.3, -0.25) is 14.5 Å². The maximum absolute atomic E-state index is 12.4. The molecule has 0 aliphatic carbocycles. The molecule has 6 nitrogen and oxygen atoms in total. The number of hydrogen-bond donors (Lipinski definition) is 1. The Kier molecular flexibility index (Phi) is 6.75. The minimum absolute atomic E-state index is 0.0612. The van der Waals surface area contributed by atoms with Gasteiger partial charge in [0.25, 0.3) is 0 Å². The number of methoxy groups -OCH3 is 1. The fourth-order valence-corrected chi connectivity index (χ4v) is 3.96. The summed E-state index contributed by atoms with van der Waals surface area (Å²) in [5, 5.41) is 10.4. The number of carbonyl (C=O) groups excluding carboxylic acids is 1. The van der Waals surface area contributed by atoms with E-state index in [0.717, 1.165) is 19.5 Å². The van der Waals surface area contributed by atoms with E-state index in [1.807, 2.05) is 19.9 Å². The summed E-state index contributed by atoms with van der Waals surface area (Å²) in [5.41, 5.74) is 2.16. The molecule has 0 amide bonds. The van der Waals surface area contributed by atoms with Crippen molar-refractivity contribution < 1.29 is 19.1 Å². The zero-order valence-corrected chi connectivity index (χ0v) is 17.3. The van der Waals surface area contributed by atoms with E-state index in [0.29, 0.717) is 18.7 Å². The number of carbonyl (C=O) groups is 1. The predicted octanol–water partition coefficient (Wildman–Crippen LogP) is 3.60. The van der Waals surface area contributed by atoms with Crippen molar-refractivity contribution >= 4 is 5.97 Å². The summed E-state index contributed by atoms with van der Waals surface area (Å²) in [5.74, 6) is -0.262. The van der Waals surface area contributed by atoms with Crippen molar-refractivity contribution in [2.45, 2.75) is 52.1 Å². The molecule has 2 aromatic rings. The number of aromatic hydroxyl groups is 1. The Labute approximate surface area is 171 Å². The molecule has 0 unspecified atom stereocenters. The van der Waals surface area contributed by atoms with Gasteiger partial charge in [-0.2, -0.15) is 0 Å². The molecule has 1 N–H and O–H groups in total. The number of rotatable bonds is 7. The molecule has 0 saturated carbocycles. The van der Waals surface area contributed by atoms with Crippen LogP contribution in [-0.4, -0.2) is 29.6 Å². The SMILES string of the molecule is COC(=O)C[C@H](CC(C)C)c1oc(CN2CCc3ccccc3C2)cc(=O)c1O. The summed E-state index contributed by atoms with van der Waals surface area (Å²) in [6, 6.07) is 9.70. The Morgan fingerprint density at radius 2 is 2.00 bits per heavy atom. The molecule has 1 aromatic heterocycles. The lowest BCUT2D eigenvalue weighted by Gasteiger charge is -2.28. The van der Waals surface area contributed by atoms with Gasteiger partial charge >= 0.3 is 5.97 Å². The van der Waals surface area contributed by atoms with Crippen molar-refractivity contribution in [2.24, 2.45) is 5.92 Å². The molecule has 0 fully saturated rings. The largest absolute Gasteiger partial charge is 0.502 e. The van der Waals surface area contributed by atoms with Crippen LogP contribution in [0.25, 0.3) is 0 Å². The molecule has 156 valence electrons. The zero-order chi connectivity index (χ0) is 21.0. The van der Waals surface area contributed by atoms with E-state index in [9.17, 15) is 14.7 Å². The smallest absolute Gasteiger partial charge is 0.306 e. The molecular formula is C23H29NO5. The van der Waals surface area contributed by atoms with E-state index in [1.165, 1.54) is 24.3 Å². The van der Waals surface area contributed by atoms with Crippen LogP contribution in [-0.2, 0) is 29.0 Å². The number of hydrogen-bond acceptors (Lipinski definition) is 6. The van der Waals surface area contributed by atoms with Crippen molar-refractivity contribution in [3.63, 3.8) is 0 Å². The number of esters is 1. The highest BCUT2D eigenvalue weighted by atomic mass is 16.5. The Morgan fingerprint density at radius 3 is 2.69 bits per heavy atom. The Hall–Kier alpha value is -2.60. The van der Waals surface area contributed by atoms with Crippen molar-refractivity contribution in [1.82, 2.24) is 4.90 Å². The monoisotopic (exact) mass is 399 g/mol. The van der Waals surface area contributed by atoms with E-state index >= 15 is 0 Å². The molecule has 0 saturated heterocycles. The van der Waals surface area contributed by atoms with Gasteiger partial charge in [0.1, 0.15) is 5.76 Å². The summed E-state index contributed by atoms with van der Waals surface area (Å²) in [6.45, 7) is 6.18. The number of fused-ring (bicyclic) bond motifs is 1. The zero-order valence-electron chi connectivity index (χ0n) is 17.3. The maximum atomic E-state index is 12.4. The minimum atomic E-state index is -0.475. The van der Waals surface area contributed by atoms with Gasteiger partial charge in [-0.05, 0) is 29.9 Å². The summed E-state index contributed by atoms with van der Waals surface area (Å²) in [6.07, 6.45) is 1.61. The molecule has 1 aliphatic rings. The van der Waals surface area contributed by atoms with Crippen LogP contribution in [0.2, 0.25) is 0 Å². The van der Waals surface area contributed by atoms with Crippen LogP contribution >= 0.6 is 0 Å². The first-order chi connectivity index (χ1) is 13.9. The summed E-state index contributed by atoms with van der Waals surface area (Å²) < 4.78 is 10.8. The molecule has 6 heteroatoms. The maximum Gasteiger partial charge on any atom is 0.306 e. The minimum Gasteiger partial charge on any atom is -0.502 e. The van der Waals surface area contributed by atoms with Gasteiger partial charge < -0.3 is 14.3 Å². The topological polar surface area (TPSA) is 80.0 Å². The highest BCUT2D eigenvalue weighted by Gasteiger charge is 2.26. The number of ether oxygens (including phenoxy) is 1. The van der Waals surface area contributed by atoms with E-state index in [4.69, 9.17) is 9.15 Å². The first kappa shape index (κ1) is 21.1. The molecule has 2 heterocycles. The Morgan fingerprint density at radius 1 is 1.28 bits per heavy atom. The van der Waals surface area contributed by atoms with Gasteiger partial charge in [0.05, 0.1) is 20.1 Å². The Bertz CT molecular complexity index is 918. The van der Waals surface area contributed by atoms with E-state index in [1.54, 1.807) is 0 Å². The normalized spacial score (nSPS) is 15.2. The standard InChI is InChI=1S/C23H29NO5/c1-15(2)10-18(11-21(26)28-3)23-22(27)20(25)12-19(29-23)14-24-9-8-16-6-4-5-7-17(16)13-24/h4-7,12,15,18,27H,8-11,13-14H2,1-3H3/t18-/m0/s1. The molecule has 0 spiro atoms. The highest BCUT2D eigenvalue weighted by molar-refractivity contribution is 5.70. The average molecular weight is 399 g/mol. The van der Waals surface area contributed by atoms with E-state index in [2.05, 4.69) is 23.1 Å². The summed E-state index contributed by atoms with van der Waals surface area (Å²) in [7, 11) is 1.33. The highest BCUT2D eigenvalue weighted by Crippen LogP contribution is 2.33. The second-order valence-electron chi connectivity index (χ2n) is 8.13. The first-order valence-corrected chi connectivity index (χ1v) is 10.1. The van der Waals surface area contributed by atoms with Crippen LogP contribution in [0.15, 0.2) is 39.5 Å². The molecule has 1 aromatic carbocycles. The van der Waals surface area contributed by atoms with Crippen LogP contribution in [0.1, 0.15) is 55.3 Å². The van der Waals surface area contributed by atoms with Gasteiger partial charge in [-0.1, -0.05) is 38.1 Å². The summed E-state index contributed by atoms with van der Waals surface area (Å²) >= 11 is 0. The quantitative estimate of drug-likeness (QED) is 0.717. The lowest BCUT2D eigenvalue weighted by atomic mass is 9.91. The number of benzene rings is 1. The van der Waals surface area contributed by atoms with Crippen LogP contribution < -0.4 is 5.43 Å². The van der Waals surface area contributed by atoms with Crippen LogP contribution in [0.5, 0.6) is 5.75 Å². The van der Waals surface area contributed by atoms with Crippen LogP contribution in [0, 0.1) is 5.92 Å². The molecular weight excluding hydrogens is 370 g/mol. The van der Waals surface area contributed by atoms with Crippen molar-refractivity contribution in [1.29, 1.82) is 0 Å². The molecule has 1 atom stereocenters. The second kappa shape index (κ2) is 9.27. The van der Waals surface area contributed by atoms with Gasteiger partial charge in [-0.25, -0.2) is 0 Å². The fraction of sp³-hybridized carbons (Fsp3) is 0.478. The van der Waals surface area contributed by atoms with Gasteiger partial charge in [0, 0.05) is 25.1 Å². The lowest BCUT2D eigenvalue weighted by molar-refractivity contribution is -0.141. The average Bonchev–Trinajstić information content (AvgIpc) is 2.69. The van der Waals surface area contributed by atoms with Gasteiger partial charge in [0.15, 0.2) is 5.76 Å². The lowest BCUT2D eigenvalue weighted by Crippen LogP contribution is -2.30. The molecule has 3 rings (SSSR count). The third kappa shape index (κ3) is 5.26. The van der Waals surface area contributed by atoms with Crippen LogP contribution in [0.4, 0.5) is 0 Å². The van der Waals surface area contributed by atoms with E-state index in [-0.39, 0.29) is 18.1 Å². The van der Waals surface area contributed by atoms with Crippen LogP contribution in [0.3, 0.4) is 0 Å². The van der Waals surface area contributed by atoms with Crippen molar-refractivity contribution in [3.8, 4) is 5.75 Å². The van der Waals surface area contributed by atoms with Gasteiger partial charge in [0.2, 0.25) is 11.2 Å². The van der Waals surface area contributed by atoms with E-state index < -0.39 is 23.1 Å². The molecule has 1 aliphatic heterocycles. The number of nitrogens with zero attached hydrogens (tertiary/aromatic N) is 1. The first-order valence-electron chi connectivity index (χ1n) is 10.1. The predicted molar refractivity (Wildman–Crippen MR) is 110 cm³/mol. The summed E-state index contributed by atoms with van der Waals surface area (Å²) in [4.78, 5) is 26.5. The molecule has 0 bridgehead atoms. The Balaban J connectivity index is 1.84.